The van der Waals surface area contributed by atoms with Gasteiger partial charge in [-0.3, -0.25) is 9.69 Å². The fourth-order valence-electron chi connectivity index (χ4n) is 3.27. The second kappa shape index (κ2) is 12.8. The molecule has 0 atom stereocenters. The molecule has 0 radical (unpaired) electrons. The Balaban J connectivity index is 0.00000729. The quantitative estimate of drug-likeness (QED) is 0.362. The van der Waals surface area contributed by atoms with Gasteiger partial charge in [0.25, 0.3) is 0 Å². The van der Waals surface area contributed by atoms with E-state index in [-0.39, 0.29) is 23.8 Å². The largest absolute Gasteiger partial charge is 0.460 e. The Labute approximate surface area is 178 Å². The van der Waals surface area contributed by atoms with Crippen molar-refractivity contribution in [2.75, 3.05) is 27.2 Å². The van der Waals surface area contributed by atoms with E-state index in [1.54, 1.807) is 4.90 Å². The van der Waals surface area contributed by atoms with Crippen molar-refractivity contribution in [1.29, 1.82) is 0 Å². The van der Waals surface area contributed by atoms with E-state index in [1.807, 2.05) is 39.2 Å². The maximum atomic E-state index is 11.5. The monoisotopic (exact) mass is 407 g/mol. The number of allylic oxidation sites excluding steroid dienone is 9. The first kappa shape index (κ1) is 26.4. The summed E-state index contributed by atoms with van der Waals surface area (Å²) < 4.78 is 5.16. The smallest absolute Gasteiger partial charge is 0.320 e. The lowest BCUT2D eigenvalue weighted by atomic mass is 9.72. The van der Waals surface area contributed by atoms with Crippen molar-refractivity contribution in [3.63, 3.8) is 0 Å². The summed E-state index contributed by atoms with van der Waals surface area (Å²) in [7, 11) is 3.70. The fourth-order valence-corrected chi connectivity index (χ4v) is 3.27. The highest BCUT2D eigenvalue weighted by Gasteiger charge is 2.26. The molecule has 0 aromatic rings. The topological polar surface area (TPSA) is 29.5 Å². The molecule has 158 valence electrons. The predicted octanol–water partition coefficient (Wildman–Crippen LogP) is 6.04. The van der Waals surface area contributed by atoms with Crippen LogP contribution in [0.3, 0.4) is 0 Å². The fraction of sp³-hybridized carbons (Fsp3) is 0.542. The summed E-state index contributed by atoms with van der Waals surface area (Å²) in [5.74, 6) is -0.204. The molecule has 28 heavy (non-hydrogen) atoms. The highest BCUT2D eigenvalue weighted by molar-refractivity contribution is 5.85. The molecule has 3 nitrogen and oxygen atoms in total. The molecule has 0 heterocycles. The van der Waals surface area contributed by atoms with Gasteiger partial charge in [-0.15, -0.1) is 12.4 Å². The van der Waals surface area contributed by atoms with Crippen molar-refractivity contribution in [1.82, 2.24) is 4.90 Å². The van der Waals surface area contributed by atoms with Crippen molar-refractivity contribution in [3.8, 4) is 0 Å². The van der Waals surface area contributed by atoms with Gasteiger partial charge in [0.1, 0.15) is 6.61 Å². The number of halogens is 1. The Hall–Kier alpha value is -1.58. The molecular weight excluding hydrogens is 370 g/mol. The molecule has 1 rings (SSSR count). The Morgan fingerprint density at radius 2 is 1.86 bits per heavy atom. The minimum Gasteiger partial charge on any atom is -0.460 e. The normalized spacial score (nSPS) is 18.1. The Kier molecular flexibility index (Phi) is 12.1. The SMILES string of the molecule is CC1=C(/C=C/C(C)=C/C=C/C(C)=C/COC(=O)CN(C)C)C(C)(C)CCC1.Cl. The van der Waals surface area contributed by atoms with Gasteiger partial charge in [-0.1, -0.05) is 60.9 Å². The summed E-state index contributed by atoms with van der Waals surface area (Å²) in [6, 6.07) is 0. The van der Waals surface area contributed by atoms with Crippen LogP contribution >= 0.6 is 12.4 Å². The molecular formula is C24H38ClNO2. The van der Waals surface area contributed by atoms with E-state index in [0.29, 0.717) is 13.2 Å². The van der Waals surface area contributed by atoms with Crippen LogP contribution in [-0.4, -0.2) is 38.1 Å². The van der Waals surface area contributed by atoms with Gasteiger partial charge in [-0.05, 0) is 71.2 Å². The first-order valence-corrected chi connectivity index (χ1v) is 9.82. The van der Waals surface area contributed by atoms with Crippen LogP contribution in [0.4, 0.5) is 0 Å². The standard InChI is InChI=1S/C24H37NO2.ClH/c1-19(13-14-22-21(3)12-9-16-24(22,4)5)10-8-11-20(2)15-17-27-23(26)18-25(6)7;/h8,10-11,13-15H,9,12,16-18H2,1-7H3;1H/b11-8+,14-13+,19-10+,20-15+;. The van der Waals surface area contributed by atoms with E-state index in [0.717, 1.165) is 5.57 Å². The van der Waals surface area contributed by atoms with Crippen LogP contribution < -0.4 is 0 Å². The molecule has 0 spiro atoms. The van der Waals surface area contributed by atoms with E-state index in [4.69, 9.17) is 4.74 Å². The van der Waals surface area contributed by atoms with Crippen LogP contribution in [0.15, 0.2) is 58.7 Å². The molecule has 0 fully saturated rings. The van der Waals surface area contributed by atoms with Gasteiger partial charge in [0.15, 0.2) is 0 Å². The predicted molar refractivity (Wildman–Crippen MR) is 123 cm³/mol. The first-order valence-electron chi connectivity index (χ1n) is 9.82. The molecule has 1 aliphatic carbocycles. The molecule has 0 bridgehead atoms. The highest BCUT2D eigenvalue weighted by atomic mass is 35.5. The average molecular weight is 408 g/mol. The molecule has 0 unspecified atom stereocenters. The summed E-state index contributed by atoms with van der Waals surface area (Å²) in [4.78, 5) is 13.3. The third-order valence-corrected chi connectivity index (χ3v) is 4.87. The van der Waals surface area contributed by atoms with Gasteiger partial charge >= 0.3 is 5.97 Å². The van der Waals surface area contributed by atoms with Gasteiger partial charge in [0.05, 0.1) is 6.54 Å². The summed E-state index contributed by atoms with van der Waals surface area (Å²) in [5.41, 5.74) is 5.58. The van der Waals surface area contributed by atoms with Crippen molar-refractivity contribution in [3.05, 3.63) is 58.7 Å². The molecule has 0 saturated heterocycles. The summed E-state index contributed by atoms with van der Waals surface area (Å²) >= 11 is 0. The molecule has 0 N–H and O–H groups in total. The highest BCUT2D eigenvalue weighted by Crippen LogP contribution is 2.40. The number of esters is 1. The number of carbonyl (C=O) groups excluding carboxylic acids is 1. The Bertz CT molecular complexity index is 664. The maximum absolute atomic E-state index is 11.5. The van der Waals surface area contributed by atoms with Crippen LogP contribution in [0.2, 0.25) is 0 Å². The van der Waals surface area contributed by atoms with Crippen LogP contribution in [0.25, 0.3) is 0 Å². The molecule has 0 aromatic carbocycles. The van der Waals surface area contributed by atoms with Crippen LogP contribution in [0.1, 0.15) is 53.9 Å². The number of likely N-dealkylation sites (N-methyl/N-ethyl adjacent to an activating group) is 1. The van der Waals surface area contributed by atoms with E-state index < -0.39 is 0 Å². The van der Waals surface area contributed by atoms with E-state index >= 15 is 0 Å². The van der Waals surface area contributed by atoms with Crippen molar-refractivity contribution >= 4 is 18.4 Å². The summed E-state index contributed by atoms with van der Waals surface area (Å²) in [6.07, 6.45) is 16.4. The average Bonchev–Trinajstić information content (AvgIpc) is 2.53. The Morgan fingerprint density at radius 1 is 1.18 bits per heavy atom. The van der Waals surface area contributed by atoms with Gasteiger partial charge < -0.3 is 4.74 Å². The first-order chi connectivity index (χ1) is 12.6. The molecule has 0 aliphatic heterocycles. The number of nitrogens with zero attached hydrogens (tertiary/aromatic N) is 1. The minimum atomic E-state index is -0.204. The van der Waals surface area contributed by atoms with Gasteiger partial charge in [0, 0.05) is 0 Å². The zero-order chi connectivity index (χ0) is 20.4. The molecule has 0 amide bonds. The molecule has 4 heteroatoms. The number of ether oxygens (including phenoxy) is 1. The second-order valence-electron chi connectivity index (χ2n) is 8.40. The van der Waals surface area contributed by atoms with Crippen LogP contribution in [0, 0.1) is 5.41 Å². The van der Waals surface area contributed by atoms with Crippen LogP contribution in [-0.2, 0) is 9.53 Å². The van der Waals surface area contributed by atoms with Crippen molar-refractivity contribution < 1.29 is 9.53 Å². The third-order valence-electron chi connectivity index (χ3n) is 4.87. The number of carbonyl (C=O) groups is 1. The third kappa shape index (κ3) is 10.1. The zero-order valence-corrected chi connectivity index (χ0v) is 19.5. The molecule has 0 aromatic heterocycles. The minimum absolute atomic E-state index is 0. The lowest BCUT2D eigenvalue weighted by Gasteiger charge is -2.32. The molecule has 0 saturated carbocycles. The molecule has 1 aliphatic rings. The van der Waals surface area contributed by atoms with E-state index in [2.05, 4.69) is 45.9 Å². The lowest BCUT2D eigenvalue weighted by molar-refractivity contribution is -0.143. The van der Waals surface area contributed by atoms with E-state index in [1.165, 1.54) is 36.0 Å². The lowest BCUT2D eigenvalue weighted by Crippen LogP contribution is -2.23. The second-order valence-corrected chi connectivity index (χ2v) is 8.40. The number of hydrogen-bond acceptors (Lipinski definition) is 3. The van der Waals surface area contributed by atoms with Crippen molar-refractivity contribution in [2.24, 2.45) is 5.41 Å². The Morgan fingerprint density at radius 3 is 2.46 bits per heavy atom. The van der Waals surface area contributed by atoms with Gasteiger partial charge in [0.2, 0.25) is 0 Å². The van der Waals surface area contributed by atoms with Crippen molar-refractivity contribution in [2.45, 2.75) is 53.9 Å². The number of rotatable bonds is 8. The van der Waals surface area contributed by atoms with Gasteiger partial charge in [-0.2, -0.15) is 0 Å². The summed E-state index contributed by atoms with van der Waals surface area (Å²) in [6.45, 7) is 11.7. The van der Waals surface area contributed by atoms with Gasteiger partial charge in [-0.25, -0.2) is 0 Å². The van der Waals surface area contributed by atoms with Crippen LogP contribution in [0.5, 0.6) is 0 Å². The summed E-state index contributed by atoms with van der Waals surface area (Å²) in [5, 5.41) is 0. The maximum Gasteiger partial charge on any atom is 0.320 e. The zero-order valence-electron chi connectivity index (χ0n) is 18.7. The number of hydrogen-bond donors (Lipinski definition) is 0. The van der Waals surface area contributed by atoms with E-state index in [9.17, 15) is 4.79 Å².